The number of thioether (sulfide) groups is 1. The fourth-order valence-corrected chi connectivity index (χ4v) is 2.27. The molecule has 1 rings (SSSR count). The average Bonchev–Trinajstić information content (AvgIpc) is 2.43. The van der Waals surface area contributed by atoms with E-state index in [1.165, 1.54) is 5.69 Å². The molecule has 0 radical (unpaired) electrons. The third-order valence-corrected chi connectivity index (χ3v) is 3.20. The molecule has 0 bridgehead atoms. The maximum Gasteiger partial charge on any atom is 0.177 e. The lowest BCUT2D eigenvalue weighted by atomic mass is 10.5. The van der Waals surface area contributed by atoms with Crippen molar-refractivity contribution in [3.63, 3.8) is 0 Å². The molecule has 12 heavy (non-hydrogen) atoms. The molecule has 0 aliphatic heterocycles. The Kier molecular flexibility index (Phi) is 4.15. The maximum absolute atomic E-state index is 4.21. The van der Waals surface area contributed by atoms with Gasteiger partial charge in [-0.2, -0.15) is 11.8 Å². The van der Waals surface area contributed by atoms with E-state index in [2.05, 4.69) is 39.3 Å². The molecule has 0 aliphatic carbocycles. The summed E-state index contributed by atoms with van der Waals surface area (Å²) in [5, 5.41) is 0. The molecule has 0 aromatic carbocycles. The quantitative estimate of drug-likeness (QED) is 0.816. The molecule has 0 aliphatic rings. The molecule has 4 heteroatoms. The summed E-state index contributed by atoms with van der Waals surface area (Å²) in [4.78, 5) is 4.21. The van der Waals surface area contributed by atoms with Gasteiger partial charge in [-0.15, -0.1) is 0 Å². The number of nitrogens with zero attached hydrogens (tertiary/aromatic N) is 2. The highest BCUT2D eigenvalue weighted by Crippen LogP contribution is 2.16. The smallest absolute Gasteiger partial charge is 0.177 e. The Balaban J connectivity index is 2.70. The van der Waals surface area contributed by atoms with Gasteiger partial charge in [0.05, 0.1) is 6.20 Å². The van der Waals surface area contributed by atoms with Gasteiger partial charge in [0.2, 0.25) is 0 Å². The Hall–Kier alpha value is 0.0400. The molecule has 0 N–H and O–H groups in total. The minimum Gasteiger partial charge on any atom is -0.322 e. The fraction of sp³-hybridized carbons (Fsp3) is 0.625. The number of aromatic nitrogens is 2. The van der Waals surface area contributed by atoms with Crippen molar-refractivity contribution in [2.24, 2.45) is 0 Å². The molecule has 0 saturated heterocycles. The molecule has 68 valence electrons. The Labute approximate surface area is 85.9 Å². The van der Waals surface area contributed by atoms with Crippen molar-refractivity contribution in [3.8, 4) is 0 Å². The largest absolute Gasteiger partial charge is 0.322 e. The van der Waals surface area contributed by atoms with E-state index in [1.807, 2.05) is 18.0 Å². The molecule has 2 nitrogen and oxygen atoms in total. The second-order valence-corrected chi connectivity index (χ2v) is 4.38. The van der Waals surface area contributed by atoms with Gasteiger partial charge in [-0.3, -0.25) is 0 Å². The summed E-state index contributed by atoms with van der Waals surface area (Å²) in [7, 11) is 0. The van der Waals surface area contributed by atoms with E-state index in [-0.39, 0.29) is 0 Å². The number of hydrogen-bond acceptors (Lipinski definition) is 2. The fourth-order valence-electron chi connectivity index (χ4n) is 1.04. The van der Waals surface area contributed by atoms with Gasteiger partial charge in [-0.25, -0.2) is 4.98 Å². The van der Waals surface area contributed by atoms with Gasteiger partial charge < -0.3 is 4.57 Å². The van der Waals surface area contributed by atoms with Gasteiger partial charge in [-0.05, 0) is 28.6 Å². The summed E-state index contributed by atoms with van der Waals surface area (Å²) >= 11 is 5.33. The Morgan fingerprint density at radius 3 is 2.92 bits per heavy atom. The SMILES string of the molecule is CCSCc1cnc(Br)n1CC. The van der Waals surface area contributed by atoms with Crippen LogP contribution in [0.4, 0.5) is 0 Å². The first-order valence-corrected chi connectivity index (χ1v) is 6.02. The van der Waals surface area contributed by atoms with Crippen LogP contribution in [0.5, 0.6) is 0 Å². The minimum atomic E-state index is 0.941. The van der Waals surface area contributed by atoms with Crippen LogP contribution in [0.15, 0.2) is 10.9 Å². The van der Waals surface area contributed by atoms with Crippen LogP contribution in [0.25, 0.3) is 0 Å². The summed E-state index contributed by atoms with van der Waals surface area (Å²) in [6, 6.07) is 0. The summed E-state index contributed by atoms with van der Waals surface area (Å²) in [5.74, 6) is 2.22. The van der Waals surface area contributed by atoms with E-state index < -0.39 is 0 Å². The van der Waals surface area contributed by atoms with Crippen molar-refractivity contribution in [1.82, 2.24) is 9.55 Å². The highest BCUT2D eigenvalue weighted by Gasteiger charge is 2.04. The molecule has 1 heterocycles. The van der Waals surface area contributed by atoms with E-state index in [1.54, 1.807) is 0 Å². The lowest BCUT2D eigenvalue weighted by molar-refractivity contribution is 0.715. The topological polar surface area (TPSA) is 17.8 Å². The molecule has 0 saturated carbocycles. The van der Waals surface area contributed by atoms with E-state index in [0.717, 1.165) is 22.8 Å². The summed E-state index contributed by atoms with van der Waals surface area (Å²) < 4.78 is 3.12. The summed E-state index contributed by atoms with van der Waals surface area (Å²) in [6.45, 7) is 5.29. The zero-order valence-corrected chi connectivity index (χ0v) is 9.78. The Morgan fingerprint density at radius 2 is 2.33 bits per heavy atom. The lowest BCUT2D eigenvalue weighted by Gasteiger charge is -2.04. The van der Waals surface area contributed by atoms with E-state index in [0.29, 0.717) is 0 Å². The van der Waals surface area contributed by atoms with Gasteiger partial charge >= 0.3 is 0 Å². The standard InChI is InChI=1S/C8H13BrN2S/c1-3-11-7(6-12-4-2)5-10-8(11)9/h5H,3-4,6H2,1-2H3. The molecule has 0 spiro atoms. The first kappa shape index (κ1) is 10.1. The monoisotopic (exact) mass is 248 g/mol. The highest BCUT2D eigenvalue weighted by molar-refractivity contribution is 9.10. The van der Waals surface area contributed by atoms with E-state index in [9.17, 15) is 0 Å². The van der Waals surface area contributed by atoms with Gasteiger partial charge in [0.1, 0.15) is 0 Å². The van der Waals surface area contributed by atoms with Crippen molar-refractivity contribution >= 4 is 27.7 Å². The number of rotatable bonds is 4. The zero-order valence-electron chi connectivity index (χ0n) is 7.38. The average molecular weight is 249 g/mol. The van der Waals surface area contributed by atoms with Gasteiger partial charge in [0.15, 0.2) is 4.73 Å². The summed E-state index contributed by atoms with van der Waals surface area (Å²) in [5.41, 5.74) is 1.30. The van der Waals surface area contributed by atoms with Crippen LogP contribution in [0.3, 0.4) is 0 Å². The summed E-state index contributed by atoms with van der Waals surface area (Å²) in [6.07, 6.45) is 1.94. The van der Waals surface area contributed by atoms with E-state index >= 15 is 0 Å². The van der Waals surface area contributed by atoms with Crippen molar-refractivity contribution in [2.75, 3.05) is 5.75 Å². The van der Waals surface area contributed by atoms with Crippen molar-refractivity contribution in [1.29, 1.82) is 0 Å². The number of halogens is 1. The molecule has 0 amide bonds. The van der Waals surface area contributed by atoms with Crippen molar-refractivity contribution in [3.05, 3.63) is 16.6 Å². The molecule has 1 aromatic heterocycles. The molecule has 0 atom stereocenters. The first-order chi connectivity index (χ1) is 5.79. The predicted molar refractivity (Wildman–Crippen MR) is 57.4 cm³/mol. The third kappa shape index (κ3) is 2.26. The predicted octanol–water partition coefficient (Wildman–Crippen LogP) is 2.92. The van der Waals surface area contributed by atoms with Crippen LogP contribution in [0.2, 0.25) is 0 Å². The maximum atomic E-state index is 4.21. The van der Waals surface area contributed by atoms with Crippen molar-refractivity contribution < 1.29 is 0 Å². The second kappa shape index (κ2) is 4.92. The van der Waals surface area contributed by atoms with Crippen LogP contribution in [0.1, 0.15) is 19.5 Å². The Bertz CT molecular complexity index is 247. The molecule has 0 unspecified atom stereocenters. The molecule has 1 aromatic rings. The van der Waals surface area contributed by atoms with Crippen LogP contribution in [-0.2, 0) is 12.3 Å². The van der Waals surface area contributed by atoms with Gasteiger partial charge in [0, 0.05) is 18.0 Å². The first-order valence-electron chi connectivity index (χ1n) is 4.07. The molecular formula is C8H13BrN2S. The van der Waals surface area contributed by atoms with Crippen LogP contribution >= 0.6 is 27.7 Å². The highest BCUT2D eigenvalue weighted by atomic mass is 79.9. The number of hydrogen-bond donors (Lipinski definition) is 0. The van der Waals surface area contributed by atoms with Crippen LogP contribution in [0, 0.1) is 0 Å². The third-order valence-electron chi connectivity index (χ3n) is 1.66. The number of imidazole rings is 1. The zero-order chi connectivity index (χ0) is 8.97. The normalized spacial score (nSPS) is 10.6. The Morgan fingerprint density at radius 1 is 1.58 bits per heavy atom. The van der Waals surface area contributed by atoms with Crippen LogP contribution in [-0.4, -0.2) is 15.3 Å². The molecular weight excluding hydrogens is 236 g/mol. The lowest BCUT2D eigenvalue weighted by Crippen LogP contribution is -1.99. The van der Waals surface area contributed by atoms with Gasteiger partial charge in [0.25, 0.3) is 0 Å². The van der Waals surface area contributed by atoms with Crippen molar-refractivity contribution in [2.45, 2.75) is 26.1 Å². The second-order valence-electron chi connectivity index (χ2n) is 2.40. The minimum absolute atomic E-state index is 0.941. The molecule has 0 fully saturated rings. The van der Waals surface area contributed by atoms with Gasteiger partial charge in [-0.1, -0.05) is 6.92 Å². The van der Waals surface area contributed by atoms with E-state index in [4.69, 9.17) is 0 Å². The van der Waals surface area contributed by atoms with Crippen LogP contribution < -0.4 is 0 Å².